The lowest BCUT2D eigenvalue weighted by atomic mass is 10.0. The lowest BCUT2D eigenvalue weighted by Gasteiger charge is -2.33. The number of aliphatic carboxylic acids is 1. The van der Waals surface area contributed by atoms with E-state index in [4.69, 9.17) is 9.84 Å². The third-order valence-electron chi connectivity index (χ3n) is 3.50. The van der Waals surface area contributed by atoms with Crippen LogP contribution in [0.2, 0.25) is 0 Å². The summed E-state index contributed by atoms with van der Waals surface area (Å²) < 4.78 is 5.38. The summed E-state index contributed by atoms with van der Waals surface area (Å²) in [7, 11) is 0. The van der Waals surface area contributed by atoms with Gasteiger partial charge in [0.15, 0.2) is 0 Å². The smallest absolute Gasteiger partial charge is 0.326 e. The van der Waals surface area contributed by atoms with Crippen molar-refractivity contribution in [2.45, 2.75) is 44.8 Å². The number of carbonyl (C=O) groups excluding carboxylic acids is 1. The molecule has 3 atom stereocenters. The summed E-state index contributed by atoms with van der Waals surface area (Å²) in [4.78, 5) is 24.8. The van der Waals surface area contributed by atoms with Gasteiger partial charge in [-0.2, -0.15) is 0 Å². The van der Waals surface area contributed by atoms with Crippen molar-refractivity contribution < 1.29 is 19.4 Å². The Bertz CT molecular complexity index is 318. The molecule has 5 heteroatoms. The molecule has 17 heavy (non-hydrogen) atoms. The number of nitrogens with zero attached hydrogens (tertiary/aromatic N) is 1. The molecule has 0 aromatic carbocycles. The van der Waals surface area contributed by atoms with Crippen LogP contribution in [0.25, 0.3) is 0 Å². The lowest BCUT2D eigenvalue weighted by Crippen LogP contribution is -2.48. The highest BCUT2D eigenvalue weighted by Gasteiger charge is 2.48. The number of rotatable bonds is 4. The van der Waals surface area contributed by atoms with Crippen molar-refractivity contribution in [2.24, 2.45) is 5.92 Å². The van der Waals surface area contributed by atoms with E-state index in [9.17, 15) is 9.59 Å². The van der Waals surface area contributed by atoms with Gasteiger partial charge in [0.25, 0.3) is 0 Å². The monoisotopic (exact) mass is 241 g/mol. The predicted molar refractivity (Wildman–Crippen MR) is 60.5 cm³/mol. The zero-order valence-electron chi connectivity index (χ0n) is 10.1. The zero-order valence-corrected chi connectivity index (χ0v) is 10.1. The predicted octanol–water partition coefficient (Wildman–Crippen LogP) is 0.877. The summed E-state index contributed by atoms with van der Waals surface area (Å²) in [6.07, 6.45) is 3.13. The molecule has 0 bridgehead atoms. The lowest BCUT2D eigenvalue weighted by molar-refractivity contribution is -0.153. The first-order chi connectivity index (χ1) is 8.15. The van der Waals surface area contributed by atoms with Crippen LogP contribution in [0.4, 0.5) is 0 Å². The summed E-state index contributed by atoms with van der Waals surface area (Å²) in [6, 6.07) is -0.626. The molecule has 0 aromatic heterocycles. The number of ether oxygens (including phenoxy) is 1. The van der Waals surface area contributed by atoms with Gasteiger partial charge in [-0.3, -0.25) is 4.79 Å². The van der Waals surface area contributed by atoms with Gasteiger partial charge in [0.1, 0.15) is 6.04 Å². The zero-order chi connectivity index (χ0) is 12.4. The number of amides is 1. The van der Waals surface area contributed by atoms with Gasteiger partial charge in [-0.05, 0) is 32.6 Å². The van der Waals surface area contributed by atoms with Crippen LogP contribution in [-0.2, 0) is 14.3 Å². The fraction of sp³-hybridized carbons (Fsp3) is 0.833. The molecule has 2 fully saturated rings. The highest BCUT2D eigenvalue weighted by atomic mass is 16.5. The van der Waals surface area contributed by atoms with Crippen LogP contribution in [-0.4, -0.2) is 47.2 Å². The van der Waals surface area contributed by atoms with Crippen LogP contribution in [0, 0.1) is 5.92 Å². The van der Waals surface area contributed by atoms with E-state index in [1.165, 1.54) is 4.90 Å². The van der Waals surface area contributed by atoms with Crippen molar-refractivity contribution in [3.05, 3.63) is 0 Å². The van der Waals surface area contributed by atoms with Crippen LogP contribution >= 0.6 is 0 Å². The minimum Gasteiger partial charge on any atom is -0.480 e. The molecule has 1 amide bonds. The first-order valence-electron chi connectivity index (χ1n) is 6.30. The largest absolute Gasteiger partial charge is 0.480 e. The van der Waals surface area contributed by atoms with Gasteiger partial charge in [-0.25, -0.2) is 4.79 Å². The summed E-state index contributed by atoms with van der Waals surface area (Å²) in [5.74, 6) is -1.02. The van der Waals surface area contributed by atoms with Gasteiger partial charge < -0.3 is 14.7 Å². The van der Waals surface area contributed by atoms with Crippen molar-refractivity contribution in [2.75, 3.05) is 13.2 Å². The van der Waals surface area contributed by atoms with Crippen LogP contribution in [0.5, 0.6) is 0 Å². The highest BCUT2D eigenvalue weighted by Crippen LogP contribution is 2.36. The van der Waals surface area contributed by atoms with E-state index >= 15 is 0 Å². The normalized spacial score (nSPS) is 32.3. The molecule has 1 aliphatic carbocycles. The number of carboxylic acids is 1. The van der Waals surface area contributed by atoms with Gasteiger partial charge in [-0.1, -0.05) is 0 Å². The maximum atomic E-state index is 12.1. The molecule has 2 aliphatic rings. The summed E-state index contributed by atoms with van der Waals surface area (Å²) in [5, 5.41) is 9.10. The average Bonchev–Trinajstić information content (AvgIpc) is 3.08. The molecule has 1 N–H and O–H groups in total. The van der Waals surface area contributed by atoms with E-state index in [-0.39, 0.29) is 17.9 Å². The maximum Gasteiger partial charge on any atom is 0.326 e. The Morgan fingerprint density at radius 2 is 2.18 bits per heavy atom. The molecular weight excluding hydrogens is 222 g/mol. The Balaban J connectivity index is 1.95. The van der Waals surface area contributed by atoms with Gasteiger partial charge in [0.05, 0.1) is 12.0 Å². The van der Waals surface area contributed by atoms with E-state index in [1.54, 1.807) is 0 Å². The van der Waals surface area contributed by atoms with Crippen molar-refractivity contribution in [3.63, 3.8) is 0 Å². The molecule has 2 rings (SSSR count). The molecule has 0 spiro atoms. The third-order valence-corrected chi connectivity index (χ3v) is 3.50. The van der Waals surface area contributed by atoms with Crippen LogP contribution in [0.3, 0.4) is 0 Å². The molecule has 0 aromatic rings. The number of carboxylic acid groups (broad SMARTS) is 1. The molecule has 5 nitrogen and oxygen atoms in total. The molecule has 1 aliphatic heterocycles. The number of likely N-dealkylation sites (tertiary alicyclic amines) is 1. The Labute approximate surface area is 101 Å². The highest BCUT2D eigenvalue weighted by molar-refractivity contribution is 5.87. The third kappa shape index (κ3) is 2.60. The van der Waals surface area contributed by atoms with E-state index in [0.717, 1.165) is 19.3 Å². The molecule has 0 unspecified atom stereocenters. The number of carbonyl (C=O) groups is 2. The average molecular weight is 241 g/mol. The van der Waals surface area contributed by atoms with Crippen molar-refractivity contribution in [1.82, 2.24) is 4.90 Å². The molecule has 1 saturated heterocycles. The van der Waals surface area contributed by atoms with Crippen LogP contribution in [0.15, 0.2) is 0 Å². The number of hydrogen-bond acceptors (Lipinski definition) is 3. The second kappa shape index (κ2) is 5.04. The topological polar surface area (TPSA) is 66.8 Å². The van der Waals surface area contributed by atoms with E-state index < -0.39 is 12.0 Å². The molecule has 1 saturated carbocycles. The quantitative estimate of drug-likeness (QED) is 0.793. The molecule has 96 valence electrons. The fourth-order valence-electron chi connectivity index (χ4n) is 2.49. The van der Waals surface area contributed by atoms with Gasteiger partial charge in [0.2, 0.25) is 5.91 Å². The van der Waals surface area contributed by atoms with Gasteiger partial charge >= 0.3 is 5.97 Å². The Morgan fingerprint density at radius 1 is 1.41 bits per heavy atom. The second-order valence-corrected chi connectivity index (χ2v) is 4.72. The van der Waals surface area contributed by atoms with Crippen LogP contribution < -0.4 is 0 Å². The Morgan fingerprint density at radius 3 is 2.82 bits per heavy atom. The van der Waals surface area contributed by atoms with Crippen molar-refractivity contribution >= 4 is 11.9 Å². The van der Waals surface area contributed by atoms with Gasteiger partial charge in [0, 0.05) is 13.2 Å². The standard InChI is InChI=1S/C12H19NO4/c1-2-17-10-7-8(10)11(14)13-6-4-3-5-9(13)12(15)16/h8-10H,2-7H2,1H3,(H,15,16)/t8-,9-,10-/m1/s1. The SMILES string of the molecule is CCO[C@@H]1C[C@H]1C(=O)N1CCCC[C@@H]1C(=O)O. The molecule has 1 heterocycles. The minimum absolute atomic E-state index is 0.0175. The van der Waals surface area contributed by atoms with E-state index in [1.807, 2.05) is 6.92 Å². The van der Waals surface area contributed by atoms with E-state index in [2.05, 4.69) is 0 Å². The minimum atomic E-state index is -0.883. The molecule has 0 radical (unpaired) electrons. The first kappa shape index (κ1) is 12.4. The Kier molecular flexibility index (Phi) is 3.66. The summed E-state index contributed by atoms with van der Waals surface area (Å²) in [5.41, 5.74) is 0. The summed E-state index contributed by atoms with van der Waals surface area (Å²) >= 11 is 0. The first-order valence-corrected chi connectivity index (χ1v) is 6.30. The fourth-order valence-corrected chi connectivity index (χ4v) is 2.49. The molecular formula is C12H19NO4. The maximum absolute atomic E-state index is 12.1. The van der Waals surface area contributed by atoms with Crippen LogP contribution in [0.1, 0.15) is 32.6 Å². The second-order valence-electron chi connectivity index (χ2n) is 4.72. The Hall–Kier alpha value is -1.10. The van der Waals surface area contributed by atoms with E-state index in [0.29, 0.717) is 19.6 Å². The summed E-state index contributed by atoms with van der Waals surface area (Å²) in [6.45, 7) is 3.09. The van der Waals surface area contributed by atoms with Gasteiger partial charge in [-0.15, -0.1) is 0 Å². The number of piperidine rings is 1. The van der Waals surface area contributed by atoms with Crippen molar-refractivity contribution in [1.29, 1.82) is 0 Å². The number of hydrogen-bond donors (Lipinski definition) is 1. The van der Waals surface area contributed by atoms with Crippen molar-refractivity contribution in [3.8, 4) is 0 Å².